The van der Waals surface area contributed by atoms with Gasteiger partial charge in [0.05, 0.1) is 12.2 Å². The van der Waals surface area contributed by atoms with E-state index < -0.39 is 6.17 Å². The second-order valence-electron chi connectivity index (χ2n) is 3.97. The van der Waals surface area contributed by atoms with Gasteiger partial charge in [0.15, 0.2) is 0 Å². The van der Waals surface area contributed by atoms with E-state index >= 15 is 0 Å². The fourth-order valence-corrected chi connectivity index (χ4v) is 1.78. The van der Waals surface area contributed by atoms with Crippen molar-refractivity contribution in [2.45, 2.75) is 26.6 Å². The minimum absolute atomic E-state index is 0.677. The predicted octanol–water partition coefficient (Wildman–Crippen LogP) is 3.27. The lowest BCUT2D eigenvalue weighted by Gasteiger charge is -2.00. The van der Waals surface area contributed by atoms with Crippen LogP contribution in [0.4, 0.5) is 4.39 Å². The Bertz CT molecular complexity index is 460. The van der Waals surface area contributed by atoms with E-state index in [4.69, 9.17) is 0 Å². The van der Waals surface area contributed by atoms with Crippen LogP contribution in [0.5, 0.6) is 0 Å². The molecular formula is C13H15FN2. The number of benzene rings is 1. The first-order valence-corrected chi connectivity index (χ1v) is 5.39. The third kappa shape index (κ3) is 2.30. The van der Waals surface area contributed by atoms with Crippen molar-refractivity contribution >= 4 is 0 Å². The summed E-state index contributed by atoms with van der Waals surface area (Å²) < 4.78 is 15.0. The number of hydrogen-bond donors (Lipinski definition) is 0. The number of rotatable bonds is 3. The highest BCUT2D eigenvalue weighted by Gasteiger charge is 2.10. The summed E-state index contributed by atoms with van der Waals surface area (Å²) in [5.74, 6) is 0. The van der Waals surface area contributed by atoms with Crippen LogP contribution in [0.25, 0.3) is 0 Å². The van der Waals surface area contributed by atoms with Crippen molar-refractivity contribution in [2.75, 3.05) is 0 Å². The van der Waals surface area contributed by atoms with Gasteiger partial charge in [-0.15, -0.1) is 0 Å². The molecule has 0 bridgehead atoms. The molecule has 1 heterocycles. The molecule has 0 radical (unpaired) electrons. The maximum atomic E-state index is 13.2. The molecule has 84 valence electrons. The molecule has 0 amide bonds. The maximum Gasteiger partial charge on any atom is 0.126 e. The van der Waals surface area contributed by atoms with Gasteiger partial charge in [-0.2, -0.15) is 5.10 Å². The van der Waals surface area contributed by atoms with E-state index in [0.717, 1.165) is 5.69 Å². The van der Waals surface area contributed by atoms with Crippen molar-refractivity contribution in [2.24, 2.45) is 0 Å². The quantitative estimate of drug-likeness (QED) is 0.773. The SMILES string of the molecule is Cc1nn(Cc2ccccc2)cc1C(C)F. The van der Waals surface area contributed by atoms with Gasteiger partial charge < -0.3 is 0 Å². The van der Waals surface area contributed by atoms with Crippen molar-refractivity contribution in [3.05, 3.63) is 53.3 Å². The van der Waals surface area contributed by atoms with E-state index in [2.05, 4.69) is 5.10 Å². The van der Waals surface area contributed by atoms with E-state index in [1.165, 1.54) is 12.5 Å². The van der Waals surface area contributed by atoms with Crippen LogP contribution in [0, 0.1) is 6.92 Å². The highest BCUT2D eigenvalue weighted by Crippen LogP contribution is 2.19. The molecule has 0 saturated carbocycles. The van der Waals surface area contributed by atoms with Gasteiger partial charge in [0.25, 0.3) is 0 Å². The van der Waals surface area contributed by atoms with Crippen molar-refractivity contribution in [3.8, 4) is 0 Å². The lowest BCUT2D eigenvalue weighted by atomic mass is 10.2. The standard InChI is InChI=1S/C13H15FN2/c1-10(14)13-9-16(15-11(13)2)8-12-6-4-3-5-7-12/h3-7,9-10H,8H2,1-2H3. The van der Waals surface area contributed by atoms with Crippen LogP contribution in [0.1, 0.15) is 29.9 Å². The summed E-state index contributed by atoms with van der Waals surface area (Å²) in [5, 5.41) is 4.30. The summed E-state index contributed by atoms with van der Waals surface area (Å²) in [5.41, 5.74) is 2.62. The van der Waals surface area contributed by atoms with Gasteiger partial charge in [0.1, 0.15) is 6.17 Å². The molecule has 0 saturated heterocycles. The van der Waals surface area contributed by atoms with Crippen LogP contribution in [-0.4, -0.2) is 9.78 Å². The molecule has 16 heavy (non-hydrogen) atoms. The molecule has 0 aliphatic rings. The van der Waals surface area contributed by atoms with Gasteiger partial charge in [-0.3, -0.25) is 4.68 Å². The molecule has 1 unspecified atom stereocenters. The molecule has 2 aromatic rings. The number of aromatic nitrogens is 2. The molecular weight excluding hydrogens is 203 g/mol. The van der Waals surface area contributed by atoms with Crippen LogP contribution >= 0.6 is 0 Å². The zero-order chi connectivity index (χ0) is 11.5. The summed E-state index contributed by atoms with van der Waals surface area (Å²) in [7, 11) is 0. The van der Waals surface area contributed by atoms with E-state index in [9.17, 15) is 4.39 Å². The lowest BCUT2D eigenvalue weighted by Crippen LogP contribution is -1.99. The first-order valence-electron chi connectivity index (χ1n) is 5.39. The van der Waals surface area contributed by atoms with Gasteiger partial charge in [0, 0.05) is 11.8 Å². The molecule has 0 aliphatic carbocycles. The van der Waals surface area contributed by atoms with Crippen molar-refractivity contribution < 1.29 is 4.39 Å². The molecule has 0 aliphatic heterocycles. The Morgan fingerprint density at radius 1 is 1.31 bits per heavy atom. The number of alkyl halides is 1. The first-order chi connectivity index (χ1) is 7.66. The lowest BCUT2D eigenvalue weighted by molar-refractivity contribution is 0.372. The van der Waals surface area contributed by atoms with Crippen molar-refractivity contribution in [1.82, 2.24) is 9.78 Å². The molecule has 0 spiro atoms. The minimum atomic E-state index is -0.954. The zero-order valence-electron chi connectivity index (χ0n) is 9.52. The number of halogens is 1. The Hall–Kier alpha value is -1.64. The normalized spacial score (nSPS) is 12.7. The molecule has 0 fully saturated rings. The third-order valence-corrected chi connectivity index (χ3v) is 2.60. The largest absolute Gasteiger partial charge is 0.268 e. The summed E-state index contributed by atoms with van der Waals surface area (Å²) in [6.45, 7) is 4.07. The Balaban J connectivity index is 2.20. The second-order valence-corrected chi connectivity index (χ2v) is 3.97. The number of aryl methyl sites for hydroxylation is 1. The van der Waals surface area contributed by atoms with Gasteiger partial charge in [-0.25, -0.2) is 4.39 Å². The van der Waals surface area contributed by atoms with E-state index in [-0.39, 0.29) is 0 Å². The topological polar surface area (TPSA) is 17.8 Å². The van der Waals surface area contributed by atoms with E-state index in [1.807, 2.05) is 37.3 Å². The van der Waals surface area contributed by atoms with Crippen LogP contribution < -0.4 is 0 Å². The minimum Gasteiger partial charge on any atom is -0.268 e. The Labute approximate surface area is 94.7 Å². The smallest absolute Gasteiger partial charge is 0.126 e. The van der Waals surface area contributed by atoms with Gasteiger partial charge in [0.2, 0.25) is 0 Å². The Kier molecular flexibility index (Phi) is 3.04. The van der Waals surface area contributed by atoms with Gasteiger partial charge in [-0.1, -0.05) is 30.3 Å². The average molecular weight is 218 g/mol. The predicted molar refractivity (Wildman–Crippen MR) is 62.0 cm³/mol. The summed E-state index contributed by atoms with van der Waals surface area (Å²) >= 11 is 0. The van der Waals surface area contributed by atoms with Crippen molar-refractivity contribution in [3.63, 3.8) is 0 Å². The number of hydrogen-bond acceptors (Lipinski definition) is 1. The fourth-order valence-electron chi connectivity index (χ4n) is 1.78. The summed E-state index contributed by atoms with van der Waals surface area (Å²) in [6, 6.07) is 10.0. The van der Waals surface area contributed by atoms with Gasteiger partial charge in [-0.05, 0) is 19.4 Å². The summed E-state index contributed by atoms with van der Waals surface area (Å²) in [4.78, 5) is 0. The van der Waals surface area contributed by atoms with E-state index in [1.54, 1.807) is 10.9 Å². The van der Waals surface area contributed by atoms with Crippen LogP contribution in [0.3, 0.4) is 0 Å². The average Bonchev–Trinajstić information content (AvgIpc) is 2.61. The Morgan fingerprint density at radius 2 is 2.00 bits per heavy atom. The molecule has 0 N–H and O–H groups in total. The molecule has 2 nitrogen and oxygen atoms in total. The van der Waals surface area contributed by atoms with E-state index in [0.29, 0.717) is 12.1 Å². The second kappa shape index (κ2) is 4.47. The van der Waals surface area contributed by atoms with Crippen LogP contribution in [-0.2, 0) is 6.54 Å². The van der Waals surface area contributed by atoms with Gasteiger partial charge >= 0.3 is 0 Å². The highest BCUT2D eigenvalue weighted by molar-refractivity contribution is 5.20. The molecule has 3 heteroatoms. The van der Waals surface area contributed by atoms with Crippen LogP contribution in [0.15, 0.2) is 36.5 Å². The Morgan fingerprint density at radius 3 is 2.56 bits per heavy atom. The van der Waals surface area contributed by atoms with Crippen LogP contribution in [0.2, 0.25) is 0 Å². The number of nitrogens with zero attached hydrogens (tertiary/aromatic N) is 2. The molecule has 1 aromatic heterocycles. The zero-order valence-corrected chi connectivity index (χ0v) is 9.52. The monoisotopic (exact) mass is 218 g/mol. The third-order valence-electron chi connectivity index (χ3n) is 2.60. The maximum absolute atomic E-state index is 13.2. The fraction of sp³-hybridized carbons (Fsp3) is 0.308. The summed E-state index contributed by atoms with van der Waals surface area (Å²) in [6.07, 6.45) is 0.831. The molecule has 2 rings (SSSR count). The highest BCUT2D eigenvalue weighted by atomic mass is 19.1. The first kappa shape index (κ1) is 10.9. The molecule has 1 atom stereocenters. The van der Waals surface area contributed by atoms with Crippen molar-refractivity contribution in [1.29, 1.82) is 0 Å². The molecule has 1 aromatic carbocycles.